The summed E-state index contributed by atoms with van der Waals surface area (Å²) in [7, 11) is -25.6. The SMILES string of the molecule is O=S(=O)(OS(=O)(=O)c1ccc2ccc(S(=O)(=O)O)cc2c1)OS(=O)(=O)c1ccc2ccc(S(=O)(=O)O)cc2c1. The van der Waals surface area contributed by atoms with Gasteiger partial charge in [0.15, 0.2) is 0 Å². The summed E-state index contributed by atoms with van der Waals surface area (Å²) < 4.78 is 147. The van der Waals surface area contributed by atoms with Crippen molar-refractivity contribution >= 4 is 72.4 Å². The average Bonchev–Trinajstić information content (AvgIpc) is 2.80. The summed E-state index contributed by atoms with van der Waals surface area (Å²) in [4.78, 5) is -2.80. The molecule has 39 heavy (non-hydrogen) atoms. The molecule has 0 bridgehead atoms. The van der Waals surface area contributed by atoms with E-state index in [4.69, 9.17) is 0 Å². The van der Waals surface area contributed by atoms with Crippen molar-refractivity contribution in [3.8, 4) is 0 Å². The van der Waals surface area contributed by atoms with Crippen molar-refractivity contribution in [3.05, 3.63) is 72.8 Å². The van der Waals surface area contributed by atoms with E-state index in [9.17, 15) is 51.2 Å². The van der Waals surface area contributed by atoms with Gasteiger partial charge in [-0.1, -0.05) is 24.3 Å². The van der Waals surface area contributed by atoms with Crippen LogP contribution >= 0.6 is 0 Å². The van der Waals surface area contributed by atoms with E-state index in [1.807, 2.05) is 0 Å². The fourth-order valence-electron chi connectivity index (χ4n) is 3.35. The maximum absolute atomic E-state index is 12.6. The Bertz CT molecular complexity index is 2050. The van der Waals surface area contributed by atoms with Crippen LogP contribution in [-0.4, -0.2) is 51.2 Å². The highest BCUT2D eigenvalue weighted by atomic mass is 32.3. The molecule has 0 fully saturated rings. The van der Waals surface area contributed by atoms with Gasteiger partial charge in [0.1, 0.15) is 0 Å². The summed E-state index contributed by atoms with van der Waals surface area (Å²) in [6.07, 6.45) is 0. The third kappa shape index (κ3) is 6.42. The lowest BCUT2D eigenvalue weighted by Crippen LogP contribution is -2.20. The zero-order chi connectivity index (χ0) is 29.0. The van der Waals surface area contributed by atoms with Gasteiger partial charge in [-0.15, -0.1) is 7.26 Å². The van der Waals surface area contributed by atoms with Crippen molar-refractivity contribution in [1.29, 1.82) is 0 Å². The van der Waals surface area contributed by atoms with E-state index in [2.05, 4.69) is 7.26 Å². The monoisotopic (exact) mass is 638 g/mol. The Morgan fingerprint density at radius 2 is 0.692 bits per heavy atom. The normalized spacial score (nSPS) is 13.6. The van der Waals surface area contributed by atoms with Gasteiger partial charge in [-0.05, 0) is 70.1 Å². The first-order valence-electron chi connectivity index (χ1n) is 9.97. The molecule has 0 saturated heterocycles. The molecular weight excluding hydrogens is 625 g/mol. The van der Waals surface area contributed by atoms with Crippen molar-refractivity contribution < 1.29 is 58.5 Å². The van der Waals surface area contributed by atoms with Crippen LogP contribution in [0, 0.1) is 0 Å². The van der Waals surface area contributed by atoms with Gasteiger partial charge >= 0.3 is 30.6 Å². The molecule has 4 rings (SSSR count). The third-order valence-electron chi connectivity index (χ3n) is 5.09. The van der Waals surface area contributed by atoms with Crippen molar-refractivity contribution in [2.24, 2.45) is 0 Å². The van der Waals surface area contributed by atoms with Crippen LogP contribution in [0.25, 0.3) is 21.5 Å². The number of hydrogen-bond acceptors (Lipinski definition) is 12. The topological polar surface area (TPSA) is 230 Å². The second-order valence-electron chi connectivity index (χ2n) is 7.74. The van der Waals surface area contributed by atoms with Crippen molar-refractivity contribution in [1.82, 2.24) is 0 Å². The first-order valence-corrected chi connectivity index (χ1v) is 17.0. The standard InChI is InChI=1S/C20H14O14S5/c21-35(22,23)17-5-1-13-3-7-19(11-15(13)9-17)37(27,28)33-39(31,32)34-38(29,30)20-8-4-14-2-6-18(36(24,25)26)10-16(14)12-20/h1-12H,(H,21,22,23)(H,24,25,26). The van der Waals surface area contributed by atoms with Gasteiger partial charge < -0.3 is 0 Å². The number of fused-ring (bicyclic) bond motifs is 2. The van der Waals surface area contributed by atoms with Crippen LogP contribution in [0.2, 0.25) is 0 Å². The smallest absolute Gasteiger partial charge is 0.282 e. The molecular formula is C20H14O14S5. The van der Waals surface area contributed by atoms with E-state index in [-0.39, 0.29) is 10.8 Å². The molecule has 0 atom stereocenters. The van der Waals surface area contributed by atoms with E-state index in [0.717, 1.165) is 48.5 Å². The summed E-state index contributed by atoms with van der Waals surface area (Å²) in [5.41, 5.74) is 0. The Labute approximate surface area is 222 Å². The Hall–Kier alpha value is -3.01. The molecule has 0 heterocycles. The Kier molecular flexibility index (Phi) is 7.11. The van der Waals surface area contributed by atoms with Crippen LogP contribution < -0.4 is 0 Å². The lowest BCUT2D eigenvalue weighted by atomic mass is 10.1. The predicted octanol–water partition coefficient (Wildman–Crippen LogP) is 1.84. The quantitative estimate of drug-likeness (QED) is 0.262. The lowest BCUT2D eigenvalue weighted by Gasteiger charge is -2.09. The highest BCUT2D eigenvalue weighted by molar-refractivity contribution is 8.03. The molecule has 19 heteroatoms. The van der Waals surface area contributed by atoms with Gasteiger partial charge in [-0.25, -0.2) is 0 Å². The van der Waals surface area contributed by atoms with E-state index in [1.165, 1.54) is 24.3 Å². The minimum absolute atomic E-state index is 0.0545. The fraction of sp³-hybridized carbons (Fsp3) is 0. The van der Waals surface area contributed by atoms with Gasteiger partial charge in [-0.2, -0.15) is 42.1 Å². The first kappa shape index (κ1) is 29.0. The molecule has 4 aromatic rings. The van der Waals surface area contributed by atoms with Crippen LogP contribution in [0.1, 0.15) is 0 Å². The molecule has 0 unspecified atom stereocenters. The highest BCUT2D eigenvalue weighted by Gasteiger charge is 2.32. The van der Waals surface area contributed by atoms with Crippen molar-refractivity contribution in [3.63, 3.8) is 0 Å². The fourth-order valence-corrected chi connectivity index (χ4v) is 8.07. The maximum Gasteiger partial charge on any atom is 0.429 e. The van der Waals surface area contributed by atoms with E-state index < -0.39 is 70.5 Å². The second-order valence-corrected chi connectivity index (χ2v) is 15.3. The molecule has 4 aromatic carbocycles. The van der Waals surface area contributed by atoms with Gasteiger partial charge in [0, 0.05) is 0 Å². The Morgan fingerprint density at radius 1 is 0.410 bits per heavy atom. The molecule has 0 spiro atoms. The van der Waals surface area contributed by atoms with Crippen LogP contribution in [0.4, 0.5) is 0 Å². The molecule has 208 valence electrons. The molecule has 0 aliphatic heterocycles. The zero-order valence-corrected chi connectivity index (χ0v) is 22.8. The van der Waals surface area contributed by atoms with Gasteiger partial charge in [0.05, 0.1) is 19.6 Å². The van der Waals surface area contributed by atoms with Crippen molar-refractivity contribution in [2.75, 3.05) is 0 Å². The van der Waals surface area contributed by atoms with Gasteiger partial charge in [0.2, 0.25) is 0 Å². The molecule has 0 amide bonds. The largest absolute Gasteiger partial charge is 0.429 e. The summed E-state index contributed by atoms with van der Waals surface area (Å²) in [6.45, 7) is 0. The van der Waals surface area contributed by atoms with Crippen molar-refractivity contribution in [2.45, 2.75) is 19.6 Å². The van der Waals surface area contributed by atoms with Gasteiger partial charge in [0.25, 0.3) is 20.2 Å². The average molecular weight is 639 g/mol. The molecule has 0 aliphatic rings. The number of benzene rings is 4. The lowest BCUT2D eigenvalue weighted by molar-refractivity contribution is 0.386. The predicted molar refractivity (Wildman–Crippen MR) is 133 cm³/mol. The second kappa shape index (κ2) is 9.57. The summed E-state index contributed by atoms with van der Waals surface area (Å²) in [5, 5.41) is 0.496. The molecule has 14 nitrogen and oxygen atoms in total. The summed E-state index contributed by atoms with van der Waals surface area (Å²) >= 11 is 0. The highest BCUT2D eigenvalue weighted by Crippen LogP contribution is 2.27. The van der Waals surface area contributed by atoms with Crippen LogP contribution in [0.3, 0.4) is 0 Å². The molecule has 0 aliphatic carbocycles. The Balaban J connectivity index is 1.65. The van der Waals surface area contributed by atoms with E-state index in [0.29, 0.717) is 10.8 Å². The number of rotatable bonds is 8. The minimum Gasteiger partial charge on any atom is -0.282 e. The van der Waals surface area contributed by atoms with Crippen LogP contribution in [0.15, 0.2) is 92.4 Å². The third-order valence-corrected chi connectivity index (χ3v) is 11.2. The zero-order valence-electron chi connectivity index (χ0n) is 18.8. The summed E-state index contributed by atoms with van der Waals surface area (Å²) in [6, 6.07) is 12.1. The van der Waals surface area contributed by atoms with Gasteiger partial charge in [-0.3, -0.25) is 9.11 Å². The molecule has 0 aromatic heterocycles. The van der Waals surface area contributed by atoms with E-state index >= 15 is 0 Å². The first-order chi connectivity index (χ1) is 17.8. The van der Waals surface area contributed by atoms with E-state index in [1.54, 1.807) is 0 Å². The maximum atomic E-state index is 12.6. The Morgan fingerprint density at radius 3 is 1.00 bits per heavy atom. The number of hydrogen-bond donors (Lipinski definition) is 2. The minimum atomic E-state index is -5.81. The van der Waals surface area contributed by atoms with Crippen LogP contribution in [-0.2, 0) is 58.1 Å². The van der Waals surface area contributed by atoms with Crippen LogP contribution in [0.5, 0.6) is 0 Å². The molecule has 0 radical (unpaired) electrons. The molecule has 2 N–H and O–H groups in total. The molecule has 0 saturated carbocycles. The summed E-state index contributed by atoms with van der Waals surface area (Å²) in [5.74, 6) is 0.